The minimum atomic E-state index is -0.693. The first-order chi connectivity index (χ1) is 67.5. The van der Waals surface area contributed by atoms with Gasteiger partial charge in [0.25, 0.3) is 0 Å². The number of hydrogen-bond donors (Lipinski definition) is 0. The van der Waals surface area contributed by atoms with E-state index >= 15 is 0 Å². The molecule has 3 heterocycles. The van der Waals surface area contributed by atoms with Crippen LogP contribution in [0, 0.1) is 0 Å². The van der Waals surface area contributed by atoms with Crippen LogP contribution in [0.1, 0.15) is 296 Å². The second-order valence-corrected chi connectivity index (χ2v) is 42.6. The molecule has 1 atom stereocenters. The smallest absolute Gasteiger partial charge is 0.144 e. The normalized spacial score (nSPS) is 15.4. The fourth-order valence-electron chi connectivity index (χ4n) is 28.9. The Hall–Kier alpha value is -13.1. The zero-order valence-electron chi connectivity index (χ0n) is 80.6. The summed E-state index contributed by atoms with van der Waals surface area (Å²) in [5.74, 6) is 0.0250. The van der Waals surface area contributed by atoms with Crippen LogP contribution in [0.5, 0.6) is 0 Å². The first-order valence-corrected chi connectivity index (χ1v) is 52.7. The van der Waals surface area contributed by atoms with Crippen molar-refractivity contribution in [1.82, 2.24) is 0 Å². The van der Waals surface area contributed by atoms with Crippen molar-refractivity contribution < 1.29 is 13.3 Å². The quantitative estimate of drug-likeness (QED) is 0.0421. The molecule has 16 aromatic carbocycles. The van der Waals surface area contributed by atoms with Crippen molar-refractivity contribution in [2.24, 2.45) is 0 Å². The van der Waals surface area contributed by atoms with Gasteiger partial charge in [-0.25, -0.2) is 0 Å². The predicted molar refractivity (Wildman–Crippen MR) is 573 cm³/mol. The fraction of sp³-hybridized carbons (Fsp3) is 0.284. The van der Waals surface area contributed by atoms with E-state index in [-0.39, 0.29) is 22.2 Å². The van der Waals surface area contributed by atoms with Crippen LogP contribution in [-0.2, 0) is 39.9 Å². The van der Waals surface area contributed by atoms with Crippen LogP contribution in [-0.4, -0.2) is 0 Å². The van der Waals surface area contributed by atoms with E-state index < -0.39 is 10.8 Å². The van der Waals surface area contributed by atoms with Crippen LogP contribution in [0.25, 0.3) is 155 Å². The van der Waals surface area contributed by atoms with Crippen molar-refractivity contribution in [1.29, 1.82) is 0 Å². The Bertz CT molecular complexity index is 7980. The summed E-state index contributed by atoms with van der Waals surface area (Å²) in [4.78, 5) is 0. The molecule has 0 N–H and O–H groups in total. The Morgan fingerprint density at radius 3 is 1.18 bits per heavy atom. The number of hydrogen-bond acceptors (Lipinski definition) is 3. The number of fused-ring (bicyclic) bond motifs is 43. The molecule has 26 rings (SSSR count). The topological polar surface area (TPSA) is 39.4 Å². The number of furan rings is 3. The van der Waals surface area contributed by atoms with Crippen molar-refractivity contribution in [3.63, 3.8) is 0 Å². The Balaban J connectivity index is 0.712. The summed E-state index contributed by atoms with van der Waals surface area (Å²) in [7, 11) is 0. The molecule has 3 aromatic heterocycles. The van der Waals surface area contributed by atoms with Crippen LogP contribution >= 0.6 is 0 Å². The Labute approximate surface area is 807 Å². The maximum Gasteiger partial charge on any atom is 0.144 e. The van der Waals surface area contributed by atoms with Crippen molar-refractivity contribution in [3.8, 4) is 89.0 Å². The minimum Gasteiger partial charge on any atom is -0.456 e. The average Bonchev–Trinajstić information content (AvgIpc) is 1.48. The van der Waals surface area contributed by atoms with E-state index in [1.807, 2.05) is 0 Å². The Morgan fingerprint density at radius 1 is 0.234 bits per heavy atom. The summed E-state index contributed by atoms with van der Waals surface area (Å²) in [5, 5.41) is 7.32. The van der Waals surface area contributed by atoms with E-state index in [0.29, 0.717) is 0 Å². The van der Waals surface area contributed by atoms with Crippen LogP contribution in [0.4, 0.5) is 0 Å². The number of benzene rings is 16. The van der Waals surface area contributed by atoms with E-state index in [4.69, 9.17) is 13.3 Å². The highest BCUT2D eigenvalue weighted by Gasteiger charge is 2.59. The van der Waals surface area contributed by atoms with Gasteiger partial charge in [-0.05, 0) is 259 Å². The molecule has 19 aromatic rings. The second-order valence-electron chi connectivity index (χ2n) is 42.6. The highest BCUT2D eigenvalue weighted by molar-refractivity contribution is 6.23. The molecule has 3 heteroatoms. The summed E-state index contributed by atoms with van der Waals surface area (Å²) < 4.78 is 21.9. The van der Waals surface area contributed by atoms with Gasteiger partial charge in [0.2, 0.25) is 0 Å². The first kappa shape index (κ1) is 84.4. The lowest BCUT2D eigenvalue weighted by Crippen LogP contribution is -2.33. The van der Waals surface area contributed by atoms with Gasteiger partial charge in [0.05, 0.1) is 10.8 Å². The molecule has 0 bridgehead atoms. The van der Waals surface area contributed by atoms with E-state index in [9.17, 15) is 0 Å². The van der Waals surface area contributed by atoms with Crippen molar-refractivity contribution in [2.75, 3.05) is 0 Å². The van der Waals surface area contributed by atoms with Gasteiger partial charge < -0.3 is 13.3 Å². The van der Waals surface area contributed by atoms with Crippen molar-refractivity contribution >= 4 is 65.8 Å². The molecule has 7 aliphatic rings. The third-order valence-electron chi connectivity index (χ3n) is 34.9. The summed E-state index contributed by atoms with van der Waals surface area (Å²) in [6.45, 7) is 14.6. The Kier molecular flexibility index (Phi) is 20.4. The molecule has 7 aliphatic carbocycles. The molecule has 0 saturated carbocycles. The van der Waals surface area contributed by atoms with E-state index in [1.165, 1.54) is 311 Å². The third-order valence-corrected chi connectivity index (χ3v) is 34.9. The lowest BCUT2D eigenvalue weighted by molar-refractivity contribution is 0.368. The van der Waals surface area contributed by atoms with Gasteiger partial charge in [0.15, 0.2) is 0 Å². The average molecular weight is 1780 g/mol. The molecule has 676 valence electrons. The summed E-state index contributed by atoms with van der Waals surface area (Å²) in [6.07, 6.45) is 31.2. The summed E-state index contributed by atoms with van der Waals surface area (Å²) in [6, 6.07) is 122. The first-order valence-electron chi connectivity index (χ1n) is 52.7. The number of unbranched alkanes of at least 4 members (excludes halogenated alkanes) is 16. The molecule has 3 nitrogen and oxygen atoms in total. The molecular weight excluding hydrogens is 1660 g/mol. The van der Waals surface area contributed by atoms with E-state index in [0.717, 1.165) is 83.0 Å². The van der Waals surface area contributed by atoms with Crippen LogP contribution in [0.15, 0.2) is 323 Å². The molecule has 0 fully saturated rings. The standard InChI is InChI=1S/C134H122O3/c1-7-11-15-19-42-72-131(73-43-20-16-12-8-2)103-56-34-30-52-94(103)125-127(131)126-122(124-99-55-33-41-63-117(99)137-129(124)125)96-68-65-85(79-110(96)132(126,74-44-21-17-13-9-3)75-45-22-18-14-10-4)77-88(76-84-64-67-95-109(78-84)130(5,6)114-81-100(86-46-24-23-25-47-86)128-123(119(95)114)98-54-32-40-62-116(98)136-128)87-66-69-93-101-82-113-102(83-112(101)134(111(93)80-87)106-59-37-28-50-91(106)92-51-29-38-60-107(92)134)120-108(70-71-118-121(120)97-53-31-39-61-115(97)135-118)133(113)104-57-35-26-48-89(104)90-49-27-36-58-105(90)133/h23-41,46-71,78-83,88H,7-22,42-45,72-77H2,1-6H3. The SMILES string of the molecule is CCCCCCCC1(CCCCCCC)c2ccccc2-c2c1c1c(c3c2oc2ccccc23)-c2ccc(CC(Cc3ccc4c(c3)C(C)(C)c3cc(-c5ccccc5)c5oc6ccccc6c5c3-4)c3ccc4c(c3)C3(c5ccccc5-c5ccccc53)c3cc5c(cc3-4)C3(c4ccccc4-c4ccccc43)c3ccc4oc6ccccc6c4c3-5)cc2C1(CCCCCCC)CCCCCCC. The van der Waals surface area contributed by atoms with Crippen molar-refractivity contribution in [2.45, 2.75) is 241 Å². The third kappa shape index (κ3) is 12.3. The van der Waals surface area contributed by atoms with Gasteiger partial charge in [-0.2, -0.15) is 0 Å². The maximum atomic E-state index is 7.74. The lowest BCUT2D eigenvalue weighted by Gasteiger charge is -2.40. The van der Waals surface area contributed by atoms with Gasteiger partial charge in [0.1, 0.15) is 33.5 Å². The van der Waals surface area contributed by atoms with Gasteiger partial charge in [-0.15, -0.1) is 0 Å². The number of rotatable bonds is 30. The van der Waals surface area contributed by atoms with E-state index in [2.05, 4.69) is 351 Å². The van der Waals surface area contributed by atoms with Crippen LogP contribution < -0.4 is 0 Å². The zero-order valence-corrected chi connectivity index (χ0v) is 80.6. The molecule has 2 spiro atoms. The van der Waals surface area contributed by atoms with Gasteiger partial charge >= 0.3 is 0 Å². The zero-order chi connectivity index (χ0) is 91.6. The second kappa shape index (κ2) is 33.1. The van der Waals surface area contributed by atoms with Gasteiger partial charge in [-0.3, -0.25) is 0 Å². The minimum absolute atomic E-state index is 0.0250. The molecule has 137 heavy (non-hydrogen) atoms. The molecule has 0 radical (unpaired) electrons. The maximum absolute atomic E-state index is 7.74. The lowest BCUT2D eigenvalue weighted by atomic mass is 9.62. The highest BCUT2D eigenvalue weighted by Crippen LogP contribution is 2.72. The monoisotopic (exact) mass is 1780 g/mol. The van der Waals surface area contributed by atoms with Gasteiger partial charge in [-0.1, -0.05) is 437 Å². The summed E-state index contributed by atoms with van der Waals surface area (Å²) >= 11 is 0. The van der Waals surface area contributed by atoms with Crippen molar-refractivity contribution in [3.05, 3.63) is 404 Å². The molecule has 1 unspecified atom stereocenters. The molecule has 0 amide bonds. The predicted octanol–water partition coefficient (Wildman–Crippen LogP) is 37.6. The molecule has 0 saturated heterocycles. The summed E-state index contributed by atoms with van der Waals surface area (Å²) in [5.41, 5.74) is 49.0. The van der Waals surface area contributed by atoms with Crippen LogP contribution in [0.2, 0.25) is 0 Å². The van der Waals surface area contributed by atoms with Gasteiger partial charge in [0, 0.05) is 59.7 Å². The number of para-hydroxylation sites is 3. The molecular formula is C134H122O3. The van der Waals surface area contributed by atoms with Crippen LogP contribution in [0.3, 0.4) is 0 Å². The highest BCUT2D eigenvalue weighted by atomic mass is 16.3. The largest absolute Gasteiger partial charge is 0.456 e. The van der Waals surface area contributed by atoms with E-state index in [1.54, 1.807) is 22.3 Å². The molecule has 0 aliphatic heterocycles. The Morgan fingerprint density at radius 2 is 0.620 bits per heavy atom. The fourth-order valence-corrected chi connectivity index (χ4v) is 28.9.